The van der Waals surface area contributed by atoms with Crippen LogP contribution in [0.5, 0.6) is 0 Å². The molecule has 1 rings (SSSR count). The SMILES string of the molecule is C=CC(=O)OCC.O=C=NC(=O)c1ccc(C(=O)N=C=O)cc1. The van der Waals surface area contributed by atoms with Crippen LogP contribution in [-0.2, 0) is 19.1 Å². The molecule has 0 aromatic heterocycles. The average Bonchev–Trinajstić information content (AvgIpc) is 2.56. The molecule has 8 nitrogen and oxygen atoms in total. The van der Waals surface area contributed by atoms with Gasteiger partial charge in [0, 0.05) is 17.2 Å². The molecule has 0 spiro atoms. The van der Waals surface area contributed by atoms with Crippen LogP contribution in [0.25, 0.3) is 0 Å². The van der Waals surface area contributed by atoms with Gasteiger partial charge in [-0.15, -0.1) is 9.98 Å². The number of benzene rings is 1. The third-order valence-corrected chi connectivity index (χ3v) is 2.13. The fourth-order valence-electron chi connectivity index (χ4n) is 1.17. The molecule has 0 heterocycles. The van der Waals surface area contributed by atoms with Gasteiger partial charge in [-0.05, 0) is 31.2 Å². The summed E-state index contributed by atoms with van der Waals surface area (Å²) >= 11 is 0. The van der Waals surface area contributed by atoms with E-state index in [1.807, 2.05) is 0 Å². The standard InChI is InChI=1S/C10H4N2O4.C5H8O2/c13-5-11-9(15)7-1-2-8(4-3-7)10(16)12-6-14;1-3-5(6)7-4-2/h1-4H;3H,1,4H2,2H3. The van der Waals surface area contributed by atoms with E-state index in [4.69, 9.17) is 0 Å². The molecule has 0 aliphatic carbocycles. The maximum absolute atomic E-state index is 11.1. The largest absolute Gasteiger partial charge is 0.463 e. The first kappa shape index (κ1) is 19.5. The van der Waals surface area contributed by atoms with Crippen LogP contribution in [0.15, 0.2) is 46.9 Å². The molecule has 0 saturated heterocycles. The van der Waals surface area contributed by atoms with E-state index in [9.17, 15) is 24.0 Å². The summed E-state index contributed by atoms with van der Waals surface area (Å²) in [4.78, 5) is 57.6. The van der Waals surface area contributed by atoms with Crippen LogP contribution >= 0.6 is 0 Å². The number of rotatable bonds is 4. The second-order valence-electron chi connectivity index (χ2n) is 3.55. The lowest BCUT2D eigenvalue weighted by Crippen LogP contribution is -1.98. The summed E-state index contributed by atoms with van der Waals surface area (Å²) < 4.78 is 4.43. The van der Waals surface area contributed by atoms with Gasteiger partial charge in [0.25, 0.3) is 11.8 Å². The van der Waals surface area contributed by atoms with Crippen molar-refractivity contribution in [2.75, 3.05) is 6.61 Å². The highest BCUT2D eigenvalue weighted by molar-refractivity contribution is 6.00. The summed E-state index contributed by atoms with van der Waals surface area (Å²) in [5.41, 5.74) is 0.268. The van der Waals surface area contributed by atoms with E-state index in [0.29, 0.717) is 6.61 Å². The fraction of sp³-hybridized carbons (Fsp3) is 0.133. The van der Waals surface area contributed by atoms with Crippen molar-refractivity contribution in [1.29, 1.82) is 0 Å². The smallest absolute Gasteiger partial charge is 0.330 e. The number of carbonyl (C=O) groups is 3. The fourth-order valence-corrected chi connectivity index (χ4v) is 1.17. The third kappa shape index (κ3) is 7.77. The second kappa shape index (κ2) is 11.2. The number of carbonyl (C=O) groups excluding carboxylic acids is 5. The minimum Gasteiger partial charge on any atom is -0.463 e. The van der Waals surface area contributed by atoms with Crippen molar-refractivity contribution < 1.29 is 28.7 Å². The predicted molar refractivity (Wildman–Crippen MR) is 78.2 cm³/mol. The number of isocyanates is 2. The van der Waals surface area contributed by atoms with Crippen LogP contribution in [0.4, 0.5) is 0 Å². The third-order valence-electron chi connectivity index (χ3n) is 2.13. The van der Waals surface area contributed by atoms with Crippen molar-refractivity contribution >= 4 is 29.9 Å². The molecule has 8 heteroatoms. The lowest BCUT2D eigenvalue weighted by Gasteiger charge is -1.95. The first-order valence-electron chi connectivity index (χ1n) is 6.13. The molecule has 0 N–H and O–H groups in total. The maximum Gasteiger partial charge on any atom is 0.330 e. The topological polar surface area (TPSA) is 119 Å². The van der Waals surface area contributed by atoms with E-state index in [1.54, 1.807) is 6.92 Å². The summed E-state index contributed by atoms with van der Waals surface area (Å²) in [6, 6.07) is 5.15. The molecule has 0 bridgehead atoms. The van der Waals surface area contributed by atoms with Gasteiger partial charge in [-0.1, -0.05) is 6.58 Å². The van der Waals surface area contributed by atoms with Gasteiger partial charge in [0.2, 0.25) is 12.2 Å². The number of aliphatic imine (C=N–C) groups is 2. The van der Waals surface area contributed by atoms with Crippen LogP contribution < -0.4 is 0 Å². The minimum absolute atomic E-state index is 0.134. The normalized spacial score (nSPS) is 8.22. The molecule has 0 radical (unpaired) electrons. The zero-order valence-electron chi connectivity index (χ0n) is 12.1. The molecule has 0 aliphatic rings. The Morgan fingerprint density at radius 2 is 1.43 bits per heavy atom. The van der Waals surface area contributed by atoms with Gasteiger partial charge in [-0.2, -0.15) is 0 Å². The summed E-state index contributed by atoms with van der Waals surface area (Å²) in [7, 11) is 0. The zero-order chi connectivity index (χ0) is 17.7. The first-order valence-corrected chi connectivity index (χ1v) is 6.13. The lowest BCUT2D eigenvalue weighted by atomic mass is 10.1. The van der Waals surface area contributed by atoms with Crippen LogP contribution in [0, 0.1) is 0 Å². The predicted octanol–water partition coefficient (Wildman–Crippen LogP) is 1.37. The van der Waals surface area contributed by atoms with Crippen molar-refractivity contribution in [2.24, 2.45) is 9.98 Å². The number of ether oxygens (including phenoxy) is 1. The Kier molecular flexibility index (Phi) is 9.53. The molecule has 1 aromatic carbocycles. The summed E-state index contributed by atoms with van der Waals surface area (Å²) in [6.45, 7) is 5.38. The van der Waals surface area contributed by atoms with E-state index >= 15 is 0 Å². The van der Waals surface area contributed by atoms with Gasteiger partial charge in [0.15, 0.2) is 0 Å². The molecule has 0 unspecified atom stereocenters. The molecule has 23 heavy (non-hydrogen) atoms. The van der Waals surface area contributed by atoms with Gasteiger partial charge >= 0.3 is 5.97 Å². The zero-order valence-corrected chi connectivity index (χ0v) is 12.1. The molecular weight excluding hydrogens is 304 g/mol. The summed E-state index contributed by atoms with van der Waals surface area (Å²) in [5, 5.41) is 0. The second-order valence-corrected chi connectivity index (χ2v) is 3.55. The summed E-state index contributed by atoms with van der Waals surface area (Å²) in [6.07, 6.45) is 3.37. The van der Waals surface area contributed by atoms with Crippen molar-refractivity contribution in [3.8, 4) is 0 Å². The van der Waals surface area contributed by atoms with Crippen LogP contribution in [0.2, 0.25) is 0 Å². The Morgan fingerprint density at radius 1 is 1.04 bits per heavy atom. The number of hydrogen-bond acceptors (Lipinski definition) is 6. The highest BCUT2D eigenvalue weighted by atomic mass is 16.5. The van der Waals surface area contributed by atoms with Gasteiger partial charge in [0.05, 0.1) is 6.61 Å². The number of hydrogen-bond donors (Lipinski definition) is 0. The lowest BCUT2D eigenvalue weighted by molar-refractivity contribution is -0.137. The minimum atomic E-state index is -0.757. The molecule has 2 amide bonds. The molecule has 1 aromatic rings. The monoisotopic (exact) mass is 316 g/mol. The molecule has 0 atom stereocenters. The highest BCUT2D eigenvalue weighted by Gasteiger charge is 2.07. The van der Waals surface area contributed by atoms with Gasteiger partial charge in [-0.3, -0.25) is 9.59 Å². The van der Waals surface area contributed by atoms with E-state index in [-0.39, 0.29) is 17.1 Å². The molecule has 0 aliphatic heterocycles. The van der Waals surface area contributed by atoms with Gasteiger partial charge < -0.3 is 4.74 Å². The Balaban J connectivity index is 0.000000585. The maximum atomic E-state index is 11.1. The van der Waals surface area contributed by atoms with Crippen molar-refractivity contribution in [1.82, 2.24) is 0 Å². The van der Waals surface area contributed by atoms with Crippen LogP contribution in [-0.4, -0.2) is 36.6 Å². The Hall–Kier alpha value is -3.47. The highest BCUT2D eigenvalue weighted by Crippen LogP contribution is 2.06. The van der Waals surface area contributed by atoms with E-state index in [2.05, 4.69) is 21.3 Å². The van der Waals surface area contributed by atoms with Crippen LogP contribution in [0.1, 0.15) is 27.6 Å². The Bertz CT molecular complexity index is 631. The summed E-state index contributed by atoms with van der Waals surface area (Å²) in [5.74, 6) is -1.87. The molecule has 118 valence electrons. The Labute approximate surface area is 131 Å². The molecule has 0 saturated carbocycles. The quantitative estimate of drug-likeness (QED) is 0.358. The van der Waals surface area contributed by atoms with E-state index in [0.717, 1.165) is 18.2 Å². The molecular formula is C15H12N2O6. The van der Waals surface area contributed by atoms with Crippen molar-refractivity contribution in [3.05, 3.63) is 48.0 Å². The number of esters is 1. The van der Waals surface area contributed by atoms with Crippen molar-refractivity contribution in [3.63, 3.8) is 0 Å². The first-order chi connectivity index (χ1) is 11.0. The average molecular weight is 316 g/mol. The van der Waals surface area contributed by atoms with E-state index in [1.165, 1.54) is 24.3 Å². The number of nitrogens with zero attached hydrogens (tertiary/aromatic N) is 2. The van der Waals surface area contributed by atoms with E-state index < -0.39 is 11.8 Å². The van der Waals surface area contributed by atoms with Crippen molar-refractivity contribution in [2.45, 2.75) is 6.92 Å². The van der Waals surface area contributed by atoms with Crippen LogP contribution in [0.3, 0.4) is 0 Å². The van der Waals surface area contributed by atoms with Gasteiger partial charge in [-0.25, -0.2) is 14.4 Å². The number of amides is 2. The molecule has 0 fully saturated rings. The van der Waals surface area contributed by atoms with Gasteiger partial charge in [0.1, 0.15) is 0 Å². The Morgan fingerprint density at radius 3 is 1.65 bits per heavy atom.